The molecule has 4 aromatic carbocycles. The molecule has 0 saturated carbocycles. The monoisotopic (exact) mass is 634 g/mol. The predicted octanol–water partition coefficient (Wildman–Crippen LogP) is 8.75. The maximum atomic E-state index is 13.5. The Morgan fingerprint density at radius 2 is 1.60 bits per heavy atom. The average Bonchev–Trinajstić information content (AvgIpc) is 3.47. The van der Waals surface area contributed by atoms with Crippen LogP contribution in [0.5, 0.6) is 0 Å². The molecule has 1 heterocycles. The Balaban J connectivity index is 1.28. The molecular weight excluding hydrogens is 615 g/mol. The minimum Gasteiger partial charge on any atom is -0.322 e. The van der Waals surface area contributed by atoms with E-state index in [0.29, 0.717) is 32.1 Å². The van der Waals surface area contributed by atoms with E-state index < -0.39 is 16.1 Å². The predicted molar refractivity (Wildman–Crippen MR) is 169 cm³/mol. The van der Waals surface area contributed by atoms with E-state index in [4.69, 9.17) is 23.2 Å². The second-order valence-corrected chi connectivity index (χ2v) is 11.7. The molecule has 0 aliphatic rings. The first-order valence-corrected chi connectivity index (χ1v) is 14.9. The van der Waals surface area contributed by atoms with Crippen LogP contribution in [0.25, 0.3) is 11.3 Å². The molecule has 42 heavy (non-hydrogen) atoms. The number of anilines is 2. The van der Waals surface area contributed by atoms with E-state index in [1.807, 2.05) is 53.9 Å². The van der Waals surface area contributed by atoms with Crippen molar-refractivity contribution in [3.05, 3.63) is 134 Å². The second kappa shape index (κ2) is 13.2. The van der Waals surface area contributed by atoms with Gasteiger partial charge in [-0.15, -0.1) is 23.1 Å². The molecule has 0 fully saturated rings. The zero-order valence-corrected chi connectivity index (χ0v) is 24.6. The fourth-order valence-electron chi connectivity index (χ4n) is 3.88. The van der Waals surface area contributed by atoms with Crippen LogP contribution in [0.3, 0.4) is 0 Å². The van der Waals surface area contributed by atoms with Gasteiger partial charge in [-0.1, -0.05) is 59.6 Å². The van der Waals surface area contributed by atoms with Gasteiger partial charge in [0.1, 0.15) is 5.25 Å². The Labute approximate surface area is 258 Å². The number of carbonyl (C=O) groups excluding carboxylic acids is 2. The van der Waals surface area contributed by atoms with Crippen molar-refractivity contribution < 1.29 is 14.5 Å². The number of amides is 2. The van der Waals surface area contributed by atoms with Crippen molar-refractivity contribution in [2.75, 3.05) is 10.6 Å². The summed E-state index contributed by atoms with van der Waals surface area (Å²) >= 11 is 14.8. The van der Waals surface area contributed by atoms with Crippen LogP contribution in [0.15, 0.2) is 107 Å². The normalized spacial score (nSPS) is 11.5. The molecule has 210 valence electrons. The van der Waals surface area contributed by atoms with Crippen LogP contribution < -0.4 is 10.6 Å². The number of non-ortho nitro benzene ring substituents is 1. The molecular formula is C30H20Cl2N4O4S2. The van der Waals surface area contributed by atoms with E-state index in [1.54, 1.807) is 24.3 Å². The van der Waals surface area contributed by atoms with Gasteiger partial charge in [0.2, 0.25) is 5.91 Å². The standard InChI is InChI=1S/C30H20Cl2N4O4S2/c31-24-15-8-20(16-25(24)32)26-17-41-30(34-26)35-29(38)27(18-4-2-1-3-5-18)42-23-13-9-21(10-14-23)33-28(37)19-6-11-22(12-7-19)36(39)40/h1-17,27H,(H,33,37)(H,34,35,38). The summed E-state index contributed by atoms with van der Waals surface area (Å²) in [6, 6.07) is 27.1. The van der Waals surface area contributed by atoms with Gasteiger partial charge in [0, 0.05) is 39.2 Å². The Morgan fingerprint density at radius 3 is 2.26 bits per heavy atom. The van der Waals surface area contributed by atoms with E-state index in [0.717, 1.165) is 16.0 Å². The van der Waals surface area contributed by atoms with Crippen molar-refractivity contribution in [1.29, 1.82) is 0 Å². The lowest BCUT2D eigenvalue weighted by molar-refractivity contribution is -0.384. The van der Waals surface area contributed by atoms with Gasteiger partial charge >= 0.3 is 0 Å². The number of nitrogens with one attached hydrogen (secondary N) is 2. The van der Waals surface area contributed by atoms with Gasteiger partial charge in [0.05, 0.1) is 20.7 Å². The number of thioether (sulfide) groups is 1. The SMILES string of the molecule is O=C(Nc1ccc(SC(C(=O)Nc2nc(-c3ccc(Cl)c(Cl)c3)cs2)c2ccccc2)cc1)c1ccc([N+](=O)[O-])cc1. The minimum atomic E-state index is -0.580. The third kappa shape index (κ3) is 7.15. The van der Waals surface area contributed by atoms with Crippen molar-refractivity contribution in [3.63, 3.8) is 0 Å². The maximum absolute atomic E-state index is 13.5. The van der Waals surface area contributed by atoms with E-state index >= 15 is 0 Å². The van der Waals surface area contributed by atoms with Crippen LogP contribution in [0.2, 0.25) is 10.0 Å². The van der Waals surface area contributed by atoms with Gasteiger partial charge in [0.15, 0.2) is 5.13 Å². The van der Waals surface area contributed by atoms with Crippen LogP contribution >= 0.6 is 46.3 Å². The van der Waals surface area contributed by atoms with Gasteiger partial charge in [-0.2, -0.15) is 0 Å². The van der Waals surface area contributed by atoms with E-state index in [-0.39, 0.29) is 11.6 Å². The summed E-state index contributed by atoms with van der Waals surface area (Å²) in [7, 11) is 0. The first-order chi connectivity index (χ1) is 20.3. The largest absolute Gasteiger partial charge is 0.322 e. The highest BCUT2D eigenvalue weighted by atomic mass is 35.5. The number of aromatic nitrogens is 1. The molecule has 2 N–H and O–H groups in total. The highest BCUT2D eigenvalue weighted by Crippen LogP contribution is 2.37. The summed E-state index contributed by atoms with van der Waals surface area (Å²) in [5.41, 5.74) is 3.02. The number of hydrogen-bond donors (Lipinski definition) is 2. The zero-order chi connectivity index (χ0) is 29.6. The average molecular weight is 636 g/mol. The maximum Gasteiger partial charge on any atom is 0.269 e. The zero-order valence-electron chi connectivity index (χ0n) is 21.5. The molecule has 1 unspecified atom stereocenters. The smallest absolute Gasteiger partial charge is 0.269 e. The van der Waals surface area contributed by atoms with Gasteiger partial charge in [-0.25, -0.2) is 4.98 Å². The lowest BCUT2D eigenvalue weighted by Gasteiger charge is -2.16. The molecule has 8 nitrogen and oxygen atoms in total. The number of thiazole rings is 1. The first-order valence-electron chi connectivity index (χ1n) is 12.4. The third-order valence-corrected chi connectivity index (χ3v) is 8.76. The van der Waals surface area contributed by atoms with Crippen LogP contribution in [0.1, 0.15) is 21.2 Å². The fourth-order valence-corrected chi connectivity index (χ4v) is 5.93. The summed E-state index contributed by atoms with van der Waals surface area (Å²) in [5.74, 6) is -0.632. The molecule has 5 aromatic rings. The summed E-state index contributed by atoms with van der Waals surface area (Å²) < 4.78 is 0. The Bertz CT molecular complexity index is 1750. The summed E-state index contributed by atoms with van der Waals surface area (Å²) in [6.07, 6.45) is 0. The number of halogens is 2. The molecule has 0 aliphatic heterocycles. The van der Waals surface area contributed by atoms with Crippen molar-refractivity contribution in [2.45, 2.75) is 10.1 Å². The summed E-state index contributed by atoms with van der Waals surface area (Å²) in [5, 5.41) is 19.1. The molecule has 1 atom stereocenters. The van der Waals surface area contributed by atoms with Gasteiger partial charge in [0.25, 0.3) is 11.6 Å². The van der Waals surface area contributed by atoms with Crippen LogP contribution in [0, 0.1) is 10.1 Å². The fraction of sp³-hybridized carbons (Fsp3) is 0.0333. The van der Waals surface area contributed by atoms with Crippen molar-refractivity contribution in [3.8, 4) is 11.3 Å². The van der Waals surface area contributed by atoms with E-state index in [1.165, 1.54) is 47.4 Å². The molecule has 5 rings (SSSR count). The molecule has 12 heteroatoms. The highest BCUT2D eigenvalue weighted by molar-refractivity contribution is 8.00. The molecule has 0 radical (unpaired) electrons. The van der Waals surface area contributed by atoms with E-state index in [2.05, 4.69) is 15.6 Å². The highest BCUT2D eigenvalue weighted by Gasteiger charge is 2.23. The Hall–Kier alpha value is -4.22. The van der Waals surface area contributed by atoms with Gasteiger partial charge in [-0.05, 0) is 54.1 Å². The molecule has 0 aliphatic carbocycles. The number of nitro groups is 1. The Morgan fingerprint density at radius 1 is 0.881 bits per heavy atom. The molecule has 0 saturated heterocycles. The van der Waals surface area contributed by atoms with Crippen LogP contribution in [-0.4, -0.2) is 21.7 Å². The molecule has 0 spiro atoms. The lowest BCUT2D eigenvalue weighted by Crippen LogP contribution is -2.19. The van der Waals surface area contributed by atoms with E-state index in [9.17, 15) is 19.7 Å². The third-order valence-electron chi connectivity index (χ3n) is 6.00. The quantitative estimate of drug-likeness (QED) is 0.0951. The van der Waals surface area contributed by atoms with Gasteiger partial charge < -0.3 is 10.6 Å². The summed E-state index contributed by atoms with van der Waals surface area (Å²) in [6.45, 7) is 0. The number of hydrogen-bond acceptors (Lipinski definition) is 7. The number of benzene rings is 4. The number of nitro benzene ring substituents is 1. The number of rotatable bonds is 9. The first kappa shape index (κ1) is 29.3. The number of nitrogens with zero attached hydrogens (tertiary/aromatic N) is 2. The van der Waals surface area contributed by atoms with Gasteiger partial charge in [-0.3, -0.25) is 19.7 Å². The van der Waals surface area contributed by atoms with Crippen LogP contribution in [0.4, 0.5) is 16.5 Å². The molecule has 2 amide bonds. The summed E-state index contributed by atoms with van der Waals surface area (Å²) in [4.78, 5) is 41.8. The lowest BCUT2D eigenvalue weighted by atomic mass is 10.1. The molecule has 1 aromatic heterocycles. The second-order valence-electron chi connectivity index (χ2n) is 8.85. The minimum absolute atomic E-state index is 0.0910. The van der Waals surface area contributed by atoms with Crippen molar-refractivity contribution >= 4 is 74.6 Å². The Kier molecular flexibility index (Phi) is 9.19. The number of carbonyl (C=O) groups is 2. The van der Waals surface area contributed by atoms with Crippen molar-refractivity contribution in [2.24, 2.45) is 0 Å². The molecule has 0 bridgehead atoms. The van der Waals surface area contributed by atoms with Crippen LogP contribution in [-0.2, 0) is 4.79 Å². The topological polar surface area (TPSA) is 114 Å². The van der Waals surface area contributed by atoms with Crippen molar-refractivity contribution in [1.82, 2.24) is 4.98 Å².